The number of sulfonamides is 1. The van der Waals surface area contributed by atoms with Crippen LogP contribution >= 0.6 is 0 Å². The van der Waals surface area contributed by atoms with E-state index in [1.54, 1.807) is 16.4 Å². The van der Waals surface area contributed by atoms with Crippen molar-refractivity contribution in [3.05, 3.63) is 34.9 Å². The molecule has 6 heteroatoms. The minimum Gasteiger partial charge on any atom is -0.339 e. The fourth-order valence-corrected chi connectivity index (χ4v) is 6.85. The summed E-state index contributed by atoms with van der Waals surface area (Å²) in [5.41, 5.74) is 2.69. The number of nitrogens with zero attached hydrogens (tertiary/aromatic N) is 2. The molecule has 3 atom stereocenters. The quantitative estimate of drug-likeness (QED) is 0.757. The first-order chi connectivity index (χ1) is 13.7. The Morgan fingerprint density at radius 3 is 2.45 bits per heavy atom. The van der Waals surface area contributed by atoms with Gasteiger partial charge >= 0.3 is 0 Å². The highest BCUT2D eigenvalue weighted by Gasteiger charge is 2.33. The molecule has 29 heavy (non-hydrogen) atoms. The monoisotopic (exact) mass is 416 g/mol. The third-order valence-corrected chi connectivity index (χ3v) is 8.35. The zero-order valence-electron chi connectivity index (χ0n) is 17.7. The van der Waals surface area contributed by atoms with Crippen molar-refractivity contribution in [2.45, 2.75) is 51.3 Å². The molecule has 1 aromatic rings. The number of carbonyl (C=O) groups is 1. The molecule has 1 aliphatic carbocycles. The summed E-state index contributed by atoms with van der Waals surface area (Å²) < 4.78 is 28.0. The van der Waals surface area contributed by atoms with Crippen LogP contribution in [-0.2, 0) is 21.2 Å². The average Bonchev–Trinajstić information content (AvgIpc) is 3.10. The molecule has 158 valence electrons. The summed E-state index contributed by atoms with van der Waals surface area (Å²) in [5, 5.41) is 0. The zero-order valence-corrected chi connectivity index (χ0v) is 18.5. The Bertz CT molecular complexity index is 927. The molecule has 0 bridgehead atoms. The topological polar surface area (TPSA) is 57.7 Å². The largest absolute Gasteiger partial charge is 0.339 e. The number of amides is 1. The van der Waals surface area contributed by atoms with Gasteiger partial charge in [-0.3, -0.25) is 4.79 Å². The third kappa shape index (κ3) is 4.15. The third-order valence-electron chi connectivity index (χ3n) is 6.52. The number of benzene rings is 1. The Hall–Kier alpha value is -1.66. The van der Waals surface area contributed by atoms with Crippen LogP contribution in [0.1, 0.15) is 51.2 Å². The minimum absolute atomic E-state index is 0.107. The van der Waals surface area contributed by atoms with E-state index in [-0.39, 0.29) is 5.91 Å². The first-order valence-electron chi connectivity index (χ1n) is 10.9. The molecule has 1 amide bonds. The van der Waals surface area contributed by atoms with Crippen molar-refractivity contribution >= 4 is 22.0 Å². The predicted octanol–water partition coefficient (Wildman–Crippen LogP) is 3.55. The van der Waals surface area contributed by atoms with Crippen LogP contribution in [0.15, 0.2) is 28.7 Å². The van der Waals surface area contributed by atoms with Gasteiger partial charge in [-0.05, 0) is 66.4 Å². The fourth-order valence-electron chi connectivity index (χ4n) is 5.14. The normalized spacial score (nSPS) is 28.2. The maximum atomic E-state index is 13.2. The highest BCUT2D eigenvalue weighted by molar-refractivity contribution is 7.89. The lowest BCUT2D eigenvalue weighted by molar-refractivity contribution is -0.128. The lowest BCUT2D eigenvalue weighted by Gasteiger charge is -2.34. The standard InChI is InChI=1S/C23H32N2O3S/c1-16-5-4-8-24(13-16)23(26)21-10-19-6-7-22(12-20(19)11-21)29(27,28)25-14-17(2)9-18(3)15-25/h6-7,11-12,16-18H,4-5,8-10,13-15H2,1-3H3. The van der Waals surface area contributed by atoms with Gasteiger partial charge < -0.3 is 4.90 Å². The summed E-state index contributed by atoms with van der Waals surface area (Å²) in [5.74, 6) is 1.40. The molecule has 2 saturated heterocycles. The van der Waals surface area contributed by atoms with Crippen LogP contribution in [0.25, 0.3) is 6.08 Å². The van der Waals surface area contributed by atoms with Gasteiger partial charge in [0, 0.05) is 38.2 Å². The number of piperidine rings is 2. The van der Waals surface area contributed by atoms with E-state index in [0.29, 0.717) is 42.2 Å². The summed E-state index contributed by atoms with van der Waals surface area (Å²) >= 11 is 0. The van der Waals surface area contributed by atoms with E-state index in [0.717, 1.165) is 42.6 Å². The number of carbonyl (C=O) groups excluding carboxylic acids is 1. The molecule has 3 unspecified atom stereocenters. The Morgan fingerprint density at radius 2 is 1.76 bits per heavy atom. The second-order valence-electron chi connectivity index (χ2n) is 9.47. The van der Waals surface area contributed by atoms with Crippen LogP contribution < -0.4 is 0 Å². The molecule has 5 nitrogen and oxygen atoms in total. The molecule has 2 aliphatic heterocycles. The summed E-state index contributed by atoms with van der Waals surface area (Å²) in [6.45, 7) is 9.22. The van der Waals surface area contributed by atoms with Crippen molar-refractivity contribution in [2.24, 2.45) is 17.8 Å². The SMILES string of the molecule is CC1CCCN(C(=O)C2=Cc3cc(S(=O)(=O)N4CC(C)CC(C)C4)ccc3C2)C1. The molecule has 2 heterocycles. The average molecular weight is 417 g/mol. The lowest BCUT2D eigenvalue weighted by atomic mass is 9.94. The molecule has 0 saturated carbocycles. The van der Waals surface area contributed by atoms with Gasteiger partial charge in [0.15, 0.2) is 0 Å². The van der Waals surface area contributed by atoms with E-state index in [4.69, 9.17) is 0 Å². The Kier molecular flexibility index (Phi) is 5.60. The molecule has 0 spiro atoms. The highest BCUT2D eigenvalue weighted by Crippen LogP contribution is 2.32. The van der Waals surface area contributed by atoms with Gasteiger partial charge in [-0.25, -0.2) is 8.42 Å². The van der Waals surface area contributed by atoms with Crippen LogP contribution in [-0.4, -0.2) is 49.7 Å². The molecule has 3 aliphatic rings. The lowest BCUT2D eigenvalue weighted by Crippen LogP contribution is -2.42. The van der Waals surface area contributed by atoms with E-state index >= 15 is 0 Å². The van der Waals surface area contributed by atoms with Gasteiger partial charge in [0.25, 0.3) is 0 Å². The van der Waals surface area contributed by atoms with E-state index in [9.17, 15) is 13.2 Å². The van der Waals surface area contributed by atoms with Gasteiger partial charge in [0.2, 0.25) is 15.9 Å². The molecule has 0 aromatic heterocycles. The molecule has 4 rings (SSSR count). The minimum atomic E-state index is -3.51. The first kappa shape index (κ1) is 20.6. The van der Waals surface area contributed by atoms with Crippen molar-refractivity contribution in [3.8, 4) is 0 Å². The van der Waals surface area contributed by atoms with Gasteiger partial charge in [-0.15, -0.1) is 0 Å². The summed E-state index contributed by atoms with van der Waals surface area (Å²) in [4.78, 5) is 15.2. The molecular formula is C23H32N2O3S. The van der Waals surface area contributed by atoms with Crippen LogP contribution in [0.3, 0.4) is 0 Å². The van der Waals surface area contributed by atoms with Crippen molar-refractivity contribution in [1.29, 1.82) is 0 Å². The Balaban J connectivity index is 1.55. The van der Waals surface area contributed by atoms with E-state index < -0.39 is 10.0 Å². The van der Waals surface area contributed by atoms with Crippen LogP contribution in [0.4, 0.5) is 0 Å². The molecule has 1 aromatic carbocycles. The molecular weight excluding hydrogens is 384 g/mol. The van der Waals surface area contributed by atoms with Crippen molar-refractivity contribution in [1.82, 2.24) is 9.21 Å². The number of hydrogen-bond donors (Lipinski definition) is 0. The second-order valence-corrected chi connectivity index (χ2v) is 11.4. The Labute approximate surface area is 174 Å². The highest BCUT2D eigenvalue weighted by atomic mass is 32.2. The van der Waals surface area contributed by atoms with Gasteiger partial charge in [-0.1, -0.05) is 26.8 Å². The first-order valence-corrected chi connectivity index (χ1v) is 12.3. The van der Waals surface area contributed by atoms with Crippen molar-refractivity contribution < 1.29 is 13.2 Å². The number of hydrogen-bond acceptors (Lipinski definition) is 3. The number of likely N-dealkylation sites (tertiary alicyclic amines) is 1. The smallest absolute Gasteiger partial charge is 0.250 e. The summed E-state index contributed by atoms with van der Waals surface area (Å²) in [7, 11) is -3.51. The van der Waals surface area contributed by atoms with Crippen LogP contribution in [0, 0.1) is 17.8 Å². The van der Waals surface area contributed by atoms with Crippen molar-refractivity contribution in [3.63, 3.8) is 0 Å². The zero-order chi connectivity index (χ0) is 20.8. The van der Waals surface area contributed by atoms with E-state index in [2.05, 4.69) is 20.8 Å². The maximum Gasteiger partial charge on any atom is 0.250 e. The maximum absolute atomic E-state index is 13.2. The molecule has 2 fully saturated rings. The molecule has 0 N–H and O–H groups in total. The number of fused-ring (bicyclic) bond motifs is 1. The van der Waals surface area contributed by atoms with Crippen LogP contribution in [0.5, 0.6) is 0 Å². The number of rotatable bonds is 3. The van der Waals surface area contributed by atoms with Gasteiger partial charge in [0.05, 0.1) is 4.90 Å². The fraction of sp³-hybridized carbons (Fsp3) is 0.609. The van der Waals surface area contributed by atoms with Gasteiger partial charge in [-0.2, -0.15) is 4.31 Å². The summed E-state index contributed by atoms with van der Waals surface area (Å²) in [6, 6.07) is 5.35. The second kappa shape index (κ2) is 7.88. The van der Waals surface area contributed by atoms with E-state index in [1.165, 1.54) is 6.42 Å². The van der Waals surface area contributed by atoms with E-state index in [1.807, 2.05) is 17.0 Å². The predicted molar refractivity (Wildman–Crippen MR) is 115 cm³/mol. The van der Waals surface area contributed by atoms with Crippen molar-refractivity contribution in [2.75, 3.05) is 26.2 Å². The summed E-state index contributed by atoms with van der Waals surface area (Å²) in [6.07, 6.45) is 5.80. The molecule has 0 radical (unpaired) electrons. The van der Waals surface area contributed by atoms with Gasteiger partial charge in [0.1, 0.15) is 0 Å². The van der Waals surface area contributed by atoms with Crippen LogP contribution in [0.2, 0.25) is 0 Å². The Morgan fingerprint density at radius 1 is 1.03 bits per heavy atom.